The second-order valence-electron chi connectivity index (χ2n) is 7.31. The van der Waals surface area contributed by atoms with Crippen molar-refractivity contribution in [1.82, 2.24) is 15.1 Å². The van der Waals surface area contributed by atoms with Crippen molar-refractivity contribution in [2.75, 3.05) is 39.3 Å². The summed E-state index contributed by atoms with van der Waals surface area (Å²) in [5, 5.41) is 4.93. The molecule has 0 saturated carbocycles. The zero-order chi connectivity index (χ0) is 20.8. The Morgan fingerprint density at radius 1 is 0.833 bits per heavy atom. The fraction of sp³-hybridized carbons (Fsp3) is 0.250. The third kappa shape index (κ3) is 4.96. The molecule has 1 aliphatic heterocycles. The number of hydrogen-bond acceptors (Lipinski definition) is 4. The Morgan fingerprint density at radius 3 is 2.20 bits per heavy atom. The van der Waals surface area contributed by atoms with E-state index in [4.69, 9.17) is 0 Å². The second-order valence-corrected chi connectivity index (χ2v) is 8.26. The Hall–Kier alpha value is -2.96. The fourth-order valence-corrected chi connectivity index (χ4v) is 4.30. The van der Waals surface area contributed by atoms with Gasteiger partial charge in [0, 0.05) is 44.8 Å². The molecule has 4 rings (SSSR count). The lowest BCUT2D eigenvalue weighted by Crippen LogP contribution is -2.50. The van der Waals surface area contributed by atoms with E-state index in [1.807, 2.05) is 64.9 Å². The average molecular weight is 420 g/mol. The van der Waals surface area contributed by atoms with E-state index in [1.165, 1.54) is 11.3 Å². The number of nitrogens with one attached hydrogen (secondary N) is 1. The number of thiophene rings is 1. The highest BCUT2D eigenvalue weighted by Gasteiger charge is 2.22. The van der Waals surface area contributed by atoms with Crippen LogP contribution in [-0.2, 0) is 0 Å². The van der Waals surface area contributed by atoms with Crippen LogP contribution in [0.5, 0.6) is 0 Å². The highest BCUT2D eigenvalue weighted by Crippen LogP contribution is 2.19. The molecule has 2 aromatic carbocycles. The average Bonchev–Trinajstić information content (AvgIpc) is 3.35. The lowest BCUT2D eigenvalue weighted by Gasteiger charge is -2.34. The van der Waals surface area contributed by atoms with Gasteiger partial charge >= 0.3 is 0 Å². The van der Waals surface area contributed by atoms with Crippen LogP contribution in [0.2, 0.25) is 0 Å². The van der Waals surface area contributed by atoms with E-state index in [9.17, 15) is 9.59 Å². The van der Waals surface area contributed by atoms with E-state index in [-0.39, 0.29) is 11.8 Å². The summed E-state index contributed by atoms with van der Waals surface area (Å²) in [6.07, 6.45) is 0. The van der Waals surface area contributed by atoms with Gasteiger partial charge in [0.1, 0.15) is 0 Å². The lowest BCUT2D eigenvalue weighted by molar-refractivity contribution is 0.0643. The molecule has 1 aliphatic rings. The Labute approximate surface area is 180 Å². The van der Waals surface area contributed by atoms with Gasteiger partial charge in [-0.05, 0) is 34.7 Å². The maximum atomic E-state index is 12.4. The first-order valence-electron chi connectivity index (χ1n) is 10.2. The predicted octanol–water partition coefficient (Wildman–Crippen LogP) is 3.60. The first-order valence-corrected chi connectivity index (χ1v) is 11.1. The van der Waals surface area contributed by atoms with Gasteiger partial charge < -0.3 is 10.2 Å². The van der Waals surface area contributed by atoms with Crippen LogP contribution in [-0.4, -0.2) is 60.9 Å². The van der Waals surface area contributed by atoms with Crippen molar-refractivity contribution in [1.29, 1.82) is 0 Å². The smallest absolute Gasteiger partial charge is 0.264 e. The van der Waals surface area contributed by atoms with Gasteiger partial charge in [-0.15, -0.1) is 11.3 Å². The molecule has 2 amide bonds. The molecule has 6 heteroatoms. The highest BCUT2D eigenvalue weighted by atomic mass is 32.1. The summed E-state index contributed by atoms with van der Waals surface area (Å²) in [6.45, 7) is 4.50. The van der Waals surface area contributed by atoms with Crippen molar-refractivity contribution in [3.05, 3.63) is 82.6 Å². The predicted molar refractivity (Wildman–Crippen MR) is 121 cm³/mol. The molecule has 154 valence electrons. The number of carbonyl (C=O) groups excluding carboxylic acids is 2. The molecular formula is C24H25N3O2S. The first kappa shape index (κ1) is 20.3. The number of rotatable bonds is 6. The number of carbonyl (C=O) groups is 2. The molecule has 0 atom stereocenters. The van der Waals surface area contributed by atoms with Gasteiger partial charge in [-0.2, -0.15) is 0 Å². The van der Waals surface area contributed by atoms with Crippen LogP contribution in [0.25, 0.3) is 11.1 Å². The Bertz CT molecular complexity index is 963. The lowest BCUT2D eigenvalue weighted by atomic mass is 10.0. The molecule has 0 radical (unpaired) electrons. The van der Waals surface area contributed by atoms with Crippen molar-refractivity contribution in [2.45, 2.75) is 0 Å². The maximum absolute atomic E-state index is 12.4. The Kier molecular flexibility index (Phi) is 6.57. The normalized spacial score (nSPS) is 14.5. The molecule has 0 spiro atoms. The Morgan fingerprint density at radius 2 is 1.53 bits per heavy atom. The van der Waals surface area contributed by atoms with Crippen LogP contribution in [0.4, 0.5) is 0 Å². The summed E-state index contributed by atoms with van der Waals surface area (Å²) in [5.74, 6) is 0.0676. The molecule has 30 heavy (non-hydrogen) atoms. The molecular weight excluding hydrogens is 394 g/mol. The van der Waals surface area contributed by atoms with Crippen molar-refractivity contribution in [2.24, 2.45) is 0 Å². The first-order chi connectivity index (χ1) is 14.7. The zero-order valence-electron chi connectivity index (χ0n) is 16.8. The van der Waals surface area contributed by atoms with E-state index in [0.29, 0.717) is 12.1 Å². The number of nitrogens with zero attached hydrogens (tertiary/aromatic N) is 2. The standard InChI is InChI=1S/C24H25N3O2S/c28-23(21-10-8-20(9-11-21)19-5-2-1-3-6-19)25-12-13-26-14-16-27(17-15-26)24(29)22-7-4-18-30-22/h1-11,18H,12-17H2,(H,25,28). The minimum absolute atomic E-state index is 0.0545. The van der Waals surface area contributed by atoms with E-state index >= 15 is 0 Å². The number of amides is 2. The van der Waals surface area contributed by atoms with E-state index in [1.54, 1.807) is 0 Å². The summed E-state index contributed by atoms with van der Waals surface area (Å²) in [5.41, 5.74) is 2.91. The molecule has 0 bridgehead atoms. The SMILES string of the molecule is O=C(NCCN1CCN(C(=O)c2cccs2)CC1)c1ccc(-c2ccccc2)cc1. The molecule has 1 fully saturated rings. The molecule has 2 heterocycles. The molecule has 1 aromatic heterocycles. The van der Waals surface area contributed by atoms with Crippen LogP contribution in [0.1, 0.15) is 20.0 Å². The molecule has 3 aromatic rings. The van der Waals surface area contributed by atoms with E-state index in [0.717, 1.165) is 48.7 Å². The Balaban J connectivity index is 1.20. The minimum Gasteiger partial charge on any atom is -0.351 e. The third-order valence-electron chi connectivity index (χ3n) is 5.36. The van der Waals surface area contributed by atoms with Gasteiger partial charge in [0.2, 0.25) is 0 Å². The number of hydrogen-bond donors (Lipinski definition) is 1. The van der Waals surface area contributed by atoms with Crippen LogP contribution in [0.15, 0.2) is 72.1 Å². The maximum Gasteiger partial charge on any atom is 0.264 e. The van der Waals surface area contributed by atoms with E-state index in [2.05, 4.69) is 22.3 Å². The van der Waals surface area contributed by atoms with Gasteiger partial charge in [0.15, 0.2) is 0 Å². The van der Waals surface area contributed by atoms with Gasteiger partial charge in [-0.25, -0.2) is 0 Å². The molecule has 0 unspecified atom stereocenters. The van der Waals surface area contributed by atoms with Gasteiger partial charge in [0.05, 0.1) is 4.88 Å². The van der Waals surface area contributed by atoms with Crippen LogP contribution in [0.3, 0.4) is 0 Å². The van der Waals surface area contributed by atoms with Crippen LogP contribution >= 0.6 is 11.3 Å². The molecule has 1 saturated heterocycles. The zero-order valence-corrected chi connectivity index (χ0v) is 17.6. The highest BCUT2D eigenvalue weighted by molar-refractivity contribution is 7.12. The minimum atomic E-state index is -0.0545. The summed E-state index contributed by atoms with van der Waals surface area (Å²) in [4.78, 5) is 29.8. The van der Waals surface area contributed by atoms with Crippen molar-refractivity contribution in [3.8, 4) is 11.1 Å². The van der Waals surface area contributed by atoms with Crippen molar-refractivity contribution in [3.63, 3.8) is 0 Å². The quantitative estimate of drug-likeness (QED) is 0.664. The van der Waals surface area contributed by atoms with E-state index < -0.39 is 0 Å². The largest absolute Gasteiger partial charge is 0.351 e. The summed E-state index contributed by atoms with van der Waals surface area (Å²) in [7, 11) is 0. The number of piperazine rings is 1. The van der Waals surface area contributed by atoms with Crippen molar-refractivity contribution < 1.29 is 9.59 Å². The second kappa shape index (κ2) is 9.69. The molecule has 1 N–H and O–H groups in total. The third-order valence-corrected chi connectivity index (χ3v) is 6.22. The van der Waals surface area contributed by atoms with Crippen molar-refractivity contribution >= 4 is 23.2 Å². The van der Waals surface area contributed by atoms with Crippen LogP contribution < -0.4 is 5.32 Å². The monoisotopic (exact) mass is 419 g/mol. The summed E-state index contributed by atoms with van der Waals surface area (Å²) in [6, 6.07) is 21.6. The van der Waals surface area contributed by atoms with Gasteiger partial charge in [0.25, 0.3) is 11.8 Å². The van der Waals surface area contributed by atoms with Gasteiger partial charge in [-0.3, -0.25) is 14.5 Å². The molecule has 0 aliphatic carbocycles. The fourth-order valence-electron chi connectivity index (χ4n) is 3.60. The topological polar surface area (TPSA) is 52.7 Å². The molecule has 5 nitrogen and oxygen atoms in total. The summed E-state index contributed by atoms with van der Waals surface area (Å²) < 4.78 is 0. The number of benzene rings is 2. The summed E-state index contributed by atoms with van der Waals surface area (Å²) >= 11 is 1.49. The van der Waals surface area contributed by atoms with Gasteiger partial charge in [-0.1, -0.05) is 48.5 Å². The van der Waals surface area contributed by atoms with Crippen LogP contribution in [0, 0.1) is 0 Å².